The maximum absolute atomic E-state index is 11.2. The minimum Gasteiger partial charge on any atom is -0.252 e. The van der Waals surface area contributed by atoms with Crippen molar-refractivity contribution in [2.24, 2.45) is 0 Å². The number of sulfone groups is 1. The lowest BCUT2D eigenvalue weighted by Crippen LogP contribution is -2.16. The maximum Gasteiger partial charge on any atom is 0.149 e. The lowest BCUT2D eigenvalue weighted by molar-refractivity contribution is 0.536. The third kappa shape index (κ3) is 3.87. The molecule has 0 saturated carbocycles. The minimum atomic E-state index is -3.04. The molecule has 0 atom stereocenters. The summed E-state index contributed by atoms with van der Waals surface area (Å²) in [6, 6.07) is 0. The van der Waals surface area contributed by atoms with Gasteiger partial charge >= 0.3 is 0 Å². The van der Waals surface area contributed by atoms with Crippen molar-refractivity contribution in [3.63, 3.8) is 0 Å². The molecule has 0 aliphatic carbocycles. The highest BCUT2D eigenvalue weighted by Crippen LogP contribution is 2.31. The predicted molar refractivity (Wildman–Crippen MR) is 75.2 cm³/mol. The van der Waals surface area contributed by atoms with Crippen molar-refractivity contribution < 1.29 is 8.42 Å². The Hall–Kier alpha value is -0.260. The Morgan fingerprint density at radius 1 is 1.33 bits per heavy atom. The Balaban J connectivity index is 3.12. The van der Waals surface area contributed by atoms with Crippen LogP contribution in [0.3, 0.4) is 0 Å². The van der Waals surface area contributed by atoms with Crippen LogP contribution in [-0.4, -0.2) is 30.2 Å². The van der Waals surface area contributed by atoms with E-state index in [2.05, 4.69) is 5.10 Å². The van der Waals surface area contributed by atoms with E-state index < -0.39 is 9.84 Å². The molecule has 0 radical (unpaired) electrons. The largest absolute Gasteiger partial charge is 0.252 e. The van der Waals surface area contributed by atoms with Gasteiger partial charge in [0, 0.05) is 17.2 Å². The van der Waals surface area contributed by atoms with Crippen molar-refractivity contribution in [3.8, 4) is 0 Å². The molecule has 0 aliphatic heterocycles. The minimum absolute atomic E-state index is 0.0136. The van der Waals surface area contributed by atoms with Gasteiger partial charge in [0.25, 0.3) is 0 Å². The predicted octanol–water partition coefficient (Wildman–Crippen LogP) is 2.62. The molecule has 1 aromatic rings. The molecule has 0 saturated heterocycles. The molecule has 1 rings (SSSR count). The van der Waals surface area contributed by atoms with Crippen LogP contribution in [0.2, 0.25) is 5.15 Å². The highest BCUT2D eigenvalue weighted by Gasteiger charge is 2.25. The molecule has 0 aliphatic rings. The van der Waals surface area contributed by atoms with Gasteiger partial charge in [0.2, 0.25) is 0 Å². The Morgan fingerprint density at radius 2 is 1.89 bits per heavy atom. The van der Waals surface area contributed by atoms with Gasteiger partial charge in [-0.25, -0.2) is 8.42 Å². The topological polar surface area (TPSA) is 52.0 Å². The lowest BCUT2D eigenvalue weighted by Gasteiger charge is -2.16. The van der Waals surface area contributed by atoms with Crippen LogP contribution >= 0.6 is 23.2 Å². The average Bonchev–Trinajstić information content (AvgIpc) is 2.50. The number of hydrogen-bond acceptors (Lipinski definition) is 3. The second-order valence-corrected chi connectivity index (χ2v) is 8.24. The molecule has 7 heteroatoms. The molecule has 1 heterocycles. The van der Waals surface area contributed by atoms with Gasteiger partial charge in [0.15, 0.2) is 0 Å². The van der Waals surface area contributed by atoms with E-state index in [9.17, 15) is 8.42 Å². The zero-order valence-electron chi connectivity index (χ0n) is 11.0. The second-order valence-electron chi connectivity index (χ2n) is 5.35. The number of rotatable bonds is 4. The van der Waals surface area contributed by atoms with E-state index in [1.807, 2.05) is 20.8 Å². The Morgan fingerprint density at radius 3 is 2.22 bits per heavy atom. The molecular weight excluding hydrogens is 295 g/mol. The van der Waals surface area contributed by atoms with Crippen molar-refractivity contribution in [1.29, 1.82) is 0 Å². The van der Waals surface area contributed by atoms with Crippen LogP contribution in [0.4, 0.5) is 0 Å². The molecule has 4 nitrogen and oxygen atoms in total. The molecule has 0 aromatic carbocycles. The van der Waals surface area contributed by atoms with E-state index >= 15 is 0 Å². The first-order valence-electron chi connectivity index (χ1n) is 5.55. The van der Waals surface area contributed by atoms with E-state index in [1.165, 1.54) is 10.9 Å². The Kier molecular flexibility index (Phi) is 4.73. The normalized spacial score (nSPS) is 13.0. The van der Waals surface area contributed by atoms with Gasteiger partial charge in [-0.05, 0) is 0 Å². The van der Waals surface area contributed by atoms with Crippen LogP contribution in [0.1, 0.15) is 32.0 Å². The average molecular weight is 313 g/mol. The van der Waals surface area contributed by atoms with Gasteiger partial charge in [-0.1, -0.05) is 32.4 Å². The fourth-order valence-electron chi connectivity index (χ4n) is 1.60. The fraction of sp³-hybridized carbons (Fsp3) is 0.727. The van der Waals surface area contributed by atoms with Gasteiger partial charge in [0.05, 0.1) is 23.9 Å². The van der Waals surface area contributed by atoms with E-state index in [4.69, 9.17) is 23.2 Å². The van der Waals surface area contributed by atoms with Crippen LogP contribution < -0.4 is 0 Å². The third-order valence-electron chi connectivity index (χ3n) is 2.50. The summed E-state index contributed by atoms with van der Waals surface area (Å²) in [5.74, 6) is 0.282. The third-order valence-corrected chi connectivity index (χ3v) is 4.11. The SMILES string of the molecule is CC(C)(C)c1nn(CCS(C)(=O)=O)c(Cl)c1CCl. The number of hydrogen-bond donors (Lipinski definition) is 0. The zero-order valence-corrected chi connectivity index (χ0v) is 13.3. The van der Waals surface area contributed by atoms with Gasteiger partial charge in [-0.3, -0.25) is 4.68 Å². The summed E-state index contributed by atoms with van der Waals surface area (Å²) >= 11 is 12.1. The molecular formula is C11H18Cl2N2O2S. The van der Waals surface area contributed by atoms with Crippen molar-refractivity contribution in [3.05, 3.63) is 16.4 Å². The summed E-state index contributed by atoms with van der Waals surface area (Å²) in [7, 11) is -3.04. The summed E-state index contributed by atoms with van der Waals surface area (Å²) in [4.78, 5) is 0. The van der Waals surface area contributed by atoms with Gasteiger partial charge in [-0.2, -0.15) is 5.10 Å². The van der Waals surface area contributed by atoms with Crippen LogP contribution in [0.15, 0.2) is 0 Å². The number of aryl methyl sites for hydroxylation is 1. The molecule has 104 valence electrons. The molecule has 0 amide bonds. The Bertz CT molecular complexity index is 530. The van der Waals surface area contributed by atoms with Gasteiger partial charge < -0.3 is 0 Å². The quantitative estimate of drug-likeness (QED) is 0.803. The van der Waals surface area contributed by atoms with Crippen LogP contribution in [0, 0.1) is 0 Å². The number of nitrogens with zero attached hydrogens (tertiary/aromatic N) is 2. The lowest BCUT2D eigenvalue weighted by atomic mass is 9.90. The first kappa shape index (κ1) is 15.8. The first-order valence-corrected chi connectivity index (χ1v) is 8.53. The zero-order chi connectivity index (χ0) is 14.1. The summed E-state index contributed by atoms with van der Waals surface area (Å²) in [5, 5.41) is 4.82. The van der Waals surface area contributed by atoms with Crippen molar-refractivity contribution in [2.45, 2.75) is 38.6 Å². The smallest absolute Gasteiger partial charge is 0.149 e. The van der Waals surface area contributed by atoms with Crippen molar-refractivity contribution in [1.82, 2.24) is 9.78 Å². The van der Waals surface area contributed by atoms with E-state index in [1.54, 1.807) is 0 Å². The van der Waals surface area contributed by atoms with Gasteiger partial charge in [-0.15, -0.1) is 11.6 Å². The Labute approximate surface area is 118 Å². The van der Waals surface area contributed by atoms with Crippen LogP contribution in [-0.2, 0) is 27.7 Å². The molecule has 0 N–H and O–H groups in total. The molecule has 18 heavy (non-hydrogen) atoms. The highest BCUT2D eigenvalue weighted by molar-refractivity contribution is 7.90. The molecule has 0 bridgehead atoms. The van der Waals surface area contributed by atoms with E-state index in [0.717, 1.165) is 11.3 Å². The second kappa shape index (κ2) is 5.39. The van der Waals surface area contributed by atoms with Crippen LogP contribution in [0.5, 0.6) is 0 Å². The molecule has 0 fully saturated rings. The van der Waals surface area contributed by atoms with Crippen molar-refractivity contribution >= 4 is 33.0 Å². The van der Waals surface area contributed by atoms with E-state index in [-0.39, 0.29) is 23.6 Å². The van der Waals surface area contributed by atoms with E-state index in [0.29, 0.717) is 5.15 Å². The maximum atomic E-state index is 11.2. The highest BCUT2D eigenvalue weighted by atomic mass is 35.5. The number of halogens is 2. The summed E-state index contributed by atoms with van der Waals surface area (Å²) in [6.45, 7) is 6.30. The van der Waals surface area contributed by atoms with Gasteiger partial charge in [0.1, 0.15) is 15.0 Å². The fourth-order valence-corrected chi connectivity index (χ4v) is 2.70. The van der Waals surface area contributed by atoms with Crippen LogP contribution in [0.25, 0.3) is 0 Å². The number of alkyl halides is 1. The number of aromatic nitrogens is 2. The molecule has 1 aromatic heterocycles. The van der Waals surface area contributed by atoms with Crippen molar-refractivity contribution in [2.75, 3.05) is 12.0 Å². The first-order chi connectivity index (χ1) is 8.06. The molecule has 0 spiro atoms. The summed E-state index contributed by atoms with van der Waals surface area (Å²) < 4.78 is 23.8. The summed E-state index contributed by atoms with van der Waals surface area (Å²) in [6.07, 6.45) is 1.19. The summed E-state index contributed by atoms with van der Waals surface area (Å²) in [5.41, 5.74) is 1.42. The monoisotopic (exact) mass is 312 g/mol. The standard InChI is InChI=1S/C11H18Cl2N2O2S/c1-11(2,3)9-8(7-12)10(13)15(14-9)5-6-18(4,16)17/h5-7H2,1-4H3. The molecule has 0 unspecified atom stereocenters.